The van der Waals surface area contributed by atoms with E-state index >= 15 is 0 Å². The minimum atomic E-state index is -0.155. The Balaban J connectivity index is 2.13. The SMILES string of the molecule is CCCC/C=C\C(=O)OC1CCCCC1. The molecule has 1 saturated carbocycles. The van der Waals surface area contributed by atoms with Crippen LogP contribution in [0.2, 0.25) is 0 Å². The highest BCUT2D eigenvalue weighted by Crippen LogP contribution is 2.20. The Bertz CT molecular complexity index is 203. The van der Waals surface area contributed by atoms with Crippen LogP contribution in [0.5, 0.6) is 0 Å². The Morgan fingerprint density at radius 3 is 2.73 bits per heavy atom. The van der Waals surface area contributed by atoms with Crippen molar-refractivity contribution in [2.24, 2.45) is 0 Å². The lowest BCUT2D eigenvalue weighted by Crippen LogP contribution is -2.19. The Morgan fingerprint density at radius 2 is 2.07 bits per heavy atom. The number of allylic oxidation sites excluding steroid dienone is 1. The summed E-state index contributed by atoms with van der Waals surface area (Å²) in [6, 6.07) is 0. The number of ether oxygens (including phenoxy) is 1. The highest BCUT2D eigenvalue weighted by atomic mass is 16.5. The number of hydrogen-bond acceptors (Lipinski definition) is 2. The van der Waals surface area contributed by atoms with Gasteiger partial charge >= 0.3 is 5.97 Å². The second kappa shape index (κ2) is 7.49. The molecule has 15 heavy (non-hydrogen) atoms. The highest BCUT2D eigenvalue weighted by Gasteiger charge is 2.15. The van der Waals surface area contributed by atoms with E-state index in [2.05, 4.69) is 6.92 Å². The second-order valence-electron chi connectivity index (χ2n) is 4.24. The summed E-state index contributed by atoms with van der Waals surface area (Å²) in [7, 11) is 0. The van der Waals surface area contributed by atoms with E-state index < -0.39 is 0 Å². The van der Waals surface area contributed by atoms with Crippen LogP contribution in [0.3, 0.4) is 0 Å². The number of unbranched alkanes of at least 4 members (excludes halogenated alkanes) is 2. The molecule has 0 bridgehead atoms. The molecule has 0 aromatic carbocycles. The van der Waals surface area contributed by atoms with Crippen molar-refractivity contribution in [3.05, 3.63) is 12.2 Å². The lowest BCUT2D eigenvalue weighted by Gasteiger charge is -2.20. The number of hydrogen-bond donors (Lipinski definition) is 0. The van der Waals surface area contributed by atoms with Crippen molar-refractivity contribution >= 4 is 5.97 Å². The normalized spacial score (nSPS) is 18.2. The predicted molar refractivity (Wildman–Crippen MR) is 61.6 cm³/mol. The van der Waals surface area contributed by atoms with E-state index in [1.165, 1.54) is 25.7 Å². The van der Waals surface area contributed by atoms with Crippen molar-refractivity contribution in [2.75, 3.05) is 0 Å². The molecule has 1 rings (SSSR count). The molecule has 0 aromatic heterocycles. The van der Waals surface area contributed by atoms with Crippen LogP contribution in [-0.4, -0.2) is 12.1 Å². The minimum Gasteiger partial charge on any atom is -0.459 e. The average molecular weight is 210 g/mol. The van der Waals surface area contributed by atoms with Crippen LogP contribution in [0.25, 0.3) is 0 Å². The molecule has 0 atom stereocenters. The lowest BCUT2D eigenvalue weighted by molar-refractivity contribution is -0.144. The molecule has 1 aliphatic carbocycles. The number of rotatable bonds is 5. The number of esters is 1. The van der Waals surface area contributed by atoms with Crippen molar-refractivity contribution in [2.45, 2.75) is 64.4 Å². The van der Waals surface area contributed by atoms with Gasteiger partial charge in [-0.3, -0.25) is 0 Å². The highest BCUT2D eigenvalue weighted by molar-refractivity contribution is 5.82. The minimum absolute atomic E-state index is 0.155. The van der Waals surface area contributed by atoms with E-state index in [9.17, 15) is 4.79 Å². The first-order chi connectivity index (χ1) is 7.33. The summed E-state index contributed by atoms with van der Waals surface area (Å²) in [4.78, 5) is 11.4. The van der Waals surface area contributed by atoms with Crippen LogP contribution < -0.4 is 0 Å². The fourth-order valence-corrected chi connectivity index (χ4v) is 1.89. The molecule has 0 radical (unpaired) electrons. The van der Waals surface area contributed by atoms with E-state index in [4.69, 9.17) is 4.74 Å². The van der Waals surface area contributed by atoms with Crippen molar-refractivity contribution in [1.82, 2.24) is 0 Å². The van der Waals surface area contributed by atoms with Crippen LogP contribution >= 0.6 is 0 Å². The van der Waals surface area contributed by atoms with Gasteiger partial charge in [0.1, 0.15) is 6.10 Å². The van der Waals surface area contributed by atoms with Gasteiger partial charge in [-0.15, -0.1) is 0 Å². The maximum absolute atomic E-state index is 11.4. The van der Waals surface area contributed by atoms with Gasteiger partial charge < -0.3 is 4.74 Å². The summed E-state index contributed by atoms with van der Waals surface area (Å²) < 4.78 is 5.35. The molecule has 0 amide bonds. The molecule has 0 aliphatic heterocycles. The zero-order chi connectivity index (χ0) is 10.9. The standard InChI is InChI=1S/C13H22O2/c1-2-3-4-8-11-13(14)15-12-9-6-5-7-10-12/h8,11-12H,2-7,9-10H2,1H3/b11-8-. The fourth-order valence-electron chi connectivity index (χ4n) is 1.89. The Morgan fingerprint density at radius 1 is 1.33 bits per heavy atom. The number of carbonyl (C=O) groups is 1. The maximum Gasteiger partial charge on any atom is 0.330 e. The smallest absolute Gasteiger partial charge is 0.330 e. The first-order valence-corrected chi connectivity index (χ1v) is 6.20. The van der Waals surface area contributed by atoms with Gasteiger partial charge in [0, 0.05) is 6.08 Å². The third kappa shape index (κ3) is 5.60. The summed E-state index contributed by atoms with van der Waals surface area (Å²) in [5, 5.41) is 0. The van der Waals surface area contributed by atoms with Crippen LogP contribution in [0.4, 0.5) is 0 Å². The molecule has 2 nitrogen and oxygen atoms in total. The molecule has 86 valence electrons. The molecule has 0 N–H and O–H groups in total. The molecule has 2 heteroatoms. The summed E-state index contributed by atoms with van der Waals surface area (Å²) in [6.07, 6.45) is 12.8. The van der Waals surface area contributed by atoms with E-state index in [-0.39, 0.29) is 12.1 Å². The van der Waals surface area contributed by atoms with Crippen molar-refractivity contribution in [3.8, 4) is 0 Å². The molecule has 0 heterocycles. The maximum atomic E-state index is 11.4. The lowest BCUT2D eigenvalue weighted by atomic mass is 9.98. The zero-order valence-corrected chi connectivity index (χ0v) is 9.71. The van der Waals surface area contributed by atoms with E-state index in [1.807, 2.05) is 6.08 Å². The average Bonchev–Trinajstić information content (AvgIpc) is 2.26. The molecular formula is C13H22O2. The third-order valence-electron chi connectivity index (χ3n) is 2.81. The van der Waals surface area contributed by atoms with E-state index in [1.54, 1.807) is 6.08 Å². The largest absolute Gasteiger partial charge is 0.459 e. The molecule has 1 aliphatic rings. The quantitative estimate of drug-likeness (QED) is 0.393. The summed E-state index contributed by atoms with van der Waals surface area (Å²) >= 11 is 0. The molecule has 0 unspecified atom stereocenters. The van der Waals surface area contributed by atoms with Crippen LogP contribution in [0.1, 0.15) is 58.3 Å². The van der Waals surface area contributed by atoms with Gasteiger partial charge in [-0.05, 0) is 32.1 Å². The van der Waals surface area contributed by atoms with Gasteiger partial charge in [-0.2, -0.15) is 0 Å². The topological polar surface area (TPSA) is 26.3 Å². The Hall–Kier alpha value is -0.790. The zero-order valence-electron chi connectivity index (χ0n) is 9.71. The summed E-state index contributed by atoms with van der Waals surface area (Å²) in [5.41, 5.74) is 0. The predicted octanol–water partition coefficient (Wildman–Crippen LogP) is 3.61. The monoisotopic (exact) mass is 210 g/mol. The van der Waals surface area contributed by atoms with Crippen LogP contribution in [0.15, 0.2) is 12.2 Å². The van der Waals surface area contributed by atoms with E-state index in [0.29, 0.717) is 0 Å². The van der Waals surface area contributed by atoms with Crippen molar-refractivity contribution < 1.29 is 9.53 Å². The van der Waals surface area contributed by atoms with Crippen LogP contribution in [-0.2, 0) is 9.53 Å². The molecule has 1 fully saturated rings. The Labute approximate surface area is 92.7 Å². The van der Waals surface area contributed by atoms with Gasteiger partial charge in [-0.1, -0.05) is 32.3 Å². The van der Waals surface area contributed by atoms with Gasteiger partial charge in [0.05, 0.1) is 0 Å². The first kappa shape index (κ1) is 12.3. The van der Waals surface area contributed by atoms with Gasteiger partial charge in [0.15, 0.2) is 0 Å². The molecule has 0 saturated heterocycles. The van der Waals surface area contributed by atoms with Gasteiger partial charge in [0.25, 0.3) is 0 Å². The third-order valence-corrected chi connectivity index (χ3v) is 2.81. The first-order valence-electron chi connectivity index (χ1n) is 6.20. The fraction of sp³-hybridized carbons (Fsp3) is 0.769. The molecule has 0 spiro atoms. The molecule has 0 aromatic rings. The van der Waals surface area contributed by atoms with E-state index in [0.717, 1.165) is 25.7 Å². The second-order valence-corrected chi connectivity index (χ2v) is 4.24. The van der Waals surface area contributed by atoms with Crippen molar-refractivity contribution in [3.63, 3.8) is 0 Å². The Kier molecular flexibility index (Phi) is 6.14. The van der Waals surface area contributed by atoms with Gasteiger partial charge in [-0.25, -0.2) is 4.79 Å². The van der Waals surface area contributed by atoms with Crippen molar-refractivity contribution in [1.29, 1.82) is 0 Å². The molecular weight excluding hydrogens is 188 g/mol. The van der Waals surface area contributed by atoms with Gasteiger partial charge in [0.2, 0.25) is 0 Å². The summed E-state index contributed by atoms with van der Waals surface area (Å²) in [5.74, 6) is -0.155. The summed E-state index contributed by atoms with van der Waals surface area (Å²) in [6.45, 7) is 2.15. The van der Waals surface area contributed by atoms with Crippen LogP contribution in [0, 0.1) is 0 Å². The number of carbonyl (C=O) groups excluding carboxylic acids is 1.